The Kier molecular flexibility index (Phi) is 9.38. The van der Waals surface area contributed by atoms with Gasteiger partial charge in [-0.2, -0.15) is 0 Å². The smallest absolute Gasteiger partial charge is 0.274 e. The number of ether oxygens (including phenoxy) is 1. The molecular weight excluding hydrogens is 666 g/mol. The van der Waals surface area contributed by atoms with E-state index in [0.29, 0.717) is 47.5 Å². The van der Waals surface area contributed by atoms with E-state index in [-0.39, 0.29) is 48.7 Å². The third kappa shape index (κ3) is 7.45. The molecule has 4 aliphatic rings. The number of rotatable bonds is 7. The first-order valence-corrected chi connectivity index (χ1v) is 19.7. The Labute approximate surface area is 290 Å². The van der Waals surface area contributed by atoms with Crippen molar-refractivity contribution in [1.29, 1.82) is 0 Å². The number of aromatic nitrogens is 1. The average Bonchev–Trinajstić information content (AvgIpc) is 3.95. The molecule has 3 heterocycles. The van der Waals surface area contributed by atoms with E-state index in [0.717, 1.165) is 36.8 Å². The van der Waals surface area contributed by atoms with Crippen LogP contribution in [-0.4, -0.2) is 59.8 Å². The number of amides is 2. The normalized spacial score (nSPS) is 28.7. The molecule has 9 nitrogen and oxygen atoms in total. The number of allylic oxidation sites excluding steroid dienone is 2. The molecule has 0 spiro atoms. The first-order chi connectivity index (χ1) is 23.5. The predicted octanol–water partition coefficient (Wildman–Crippen LogP) is 6.05. The average molecular weight is 708 g/mol. The molecule has 12 heteroatoms. The van der Waals surface area contributed by atoms with Gasteiger partial charge in [-0.15, -0.1) is 0 Å². The Bertz CT molecular complexity index is 1910. The van der Waals surface area contributed by atoms with Gasteiger partial charge < -0.3 is 9.64 Å². The maximum Gasteiger partial charge on any atom is 0.274 e. The quantitative estimate of drug-likeness (QED) is 0.297. The predicted molar refractivity (Wildman–Crippen MR) is 185 cm³/mol. The molecule has 2 aliphatic carbocycles. The van der Waals surface area contributed by atoms with Crippen LogP contribution < -0.4 is 9.46 Å². The summed E-state index contributed by atoms with van der Waals surface area (Å²) < 4.78 is 48.7. The first-order valence-electron chi connectivity index (χ1n) is 17.3. The van der Waals surface area contributed by atoms with Crippen LogP contribution in [0, 0.1) is 30.0 Å². The van der Waals surface area contributed by atoms with Crippen molar-refractivity contribution in [2.24, 2.45) is 17.3 Å². The highest BCUT2D eigenvalue weighted by atomic mass is 32.2. The largest absolute Gasteiger partial charge is 0.465 e. The molecule has 3 aromatic rings. The number of halogens is 1. The van der Waals surface area contributed by atoms with E-state index in [1.54, 1.807) is 11.0 Å². The van der Waals surface area contributed by atoms with Crippen LogP contribution in [0.1, 0.15) is 75.3 Å². The number of hydrogen-bond donors (Lipinski definition) is 1. The van der Waals surface area contributed by atoms with Gasteiger partial charge in [0.15, 0.2) is 5.78 Å². The lowest BCUT2D eigenvalue weighted by Gasteiger charge is -2.29. The van der Waals surface area contributed by atoms with Crippen LogP contribution in [0.4, 0.5) is 4.39 Å². The van der Waals surface area contributed by atoms with E-state index in [1.165, 1.54) is 23.5 Å². The number of sulfonamides is 1. The zero-order chi connectivity index (χ0) is 34.3. The summed E-state index contributed by atoms with van der Waals surface area (Å²) in [7, 11) is -3.80. The molecule has 3 fully saturated rings. The number of nitrogens with one attached hydrogen (secondary N) is 1. The van der Waals surface area contributed by atoms with Gasteiger partial charge in [-0.25, -0.2) is 17.8 Å². The van der Waals surface area contributed by atoms with Crippen LogP contribution in [0.3, 0.4) is 0 Å². The van der Waals surface area contributed by atoms with E-state index >= 15 is 0 Å². The lowest BCUT2D eigenvalue weighted by molar-refractivity contribution is -0.142. The molecule has 5 atom stereocenters. The molecule has 2 amide bonds. The third-order valence-electron chi connectivity index (χ3n) is 10.5. The summed E-state index contributed by atoms with van der Waals surface area (Å²) in [5.41, 5.74) is 1.59. The van der Waals surface area contributed by atoms with Crippen LogP contribution in [0.5, 0.6) is 5.19 Å². The summed E-state index contributed by atoms with van der Waals surface area (Å²) in [4.78, 5) is 48.7. The summed E-state index contributed by atoms with van der Waals surface area (Å²) in [5, 5.41) is -0.234. The molecule has 49 heavy (non-hydrogen) atoms. The van der Waals surface area contributed by atoms with Gasteiger partial charge in [-0.05, 0) is 81.5 Å². The summed E-state index contributed by atoms with van der Waals surface area (Å²) in [5.74, 6) is -2.00. The minimum absolute atomic E-state index is 0.118. The van der Waals surface area contributed by atoms with Gasteiger partial charge in [0.2, 0.25) is 21.8 Å². The Hall–Kier alpha value is -3.64. The van der Waals surface area contributed by atoms with Crippen LogP contribution in [0.15, 0.2) is 54.6 Å². The number of aryl methyl sites for hydroxylation is 1. The maximum atomic E-state index is 14.5. The Morgan fingerprint density at radius 1 is 1.12 bits per heavy atom. The second-order valence-electron chi connectivity index (χ2n) is 14.3. The third-order valence-corrected chi connectivity index (χ3v) is 13.2. The Balaban J connectivity index is 1.18. The summed E-state index contributed by atoms with van der Waals surface area (Å²) in [6.45, 7) is 2.19. The van der Waals surface area contributed by atoms with Gasteiger partial charge in [0, 0.05) is 18.8 Å². The molecule has 2 saturated carbocycles. The molecule has 2 aromatic carbocycles. The van der Waals surface area contributed by atoms with Gasteiger partial charge in [0.25, 0.3) is 5.19 Å². The summed E-state index contributed by atoms with van der Waals surface area (Å²) in [6.07, 6.45) is 9.68. The van der Waals surface area contributed by atoms with Crippen LogP contribution in [-0.2, 0) is 30.8 Å². The zero-order valence-electron chi connectivity index (χ0n) is 27.6. The van der Waals surface area contributed by atoms with Crippen molar-refractivity contribution in [2.75, 3.05) is 6.54 Å². The fourth-order valence-electron chi connectivity index (χ4n) is 7.51. The Morgan fingerprint density at radius 2 is 1.96 bits per heavy atom. The molecule has 260 valence electrons. The standard InChI is InChI=1S/C37H42FN3O6S2/c1-23-8-7-9-24(16-23)17-25-10-5-3-2-4-6-11-26-20-37(26,35(44)40-49(45,46)29-13-14-29)21-32(42)31-19-28(22-41(31)34(25)43)47-36-39-30-15-12-27(38)18-33(30)48-36/h6-9,11-12,15-16,18,25-26,28-29,31H,2-5,10,13-14,17,19-22H2,1H3,(H,40,44)/b11-6-/t25-,26-,28-,31+,37-/m1/s1. The number of thiazole rings is 1. The molecule has 0 bridgehead atoms. The van der Waals surface area contributed by atoms with Crippen LogP contribution in [0.25, 0.3) is 10.2 Å². The van der Waals surface area contributed by atoms with Gasteiger partial charge in [0.1, 0.15) is 11.9 Å². The van der Waals surface area contributed by atoms with Gasteiger partial charge in [-0.1, -0.05) is 66.2 Å². The SMILES string of the molecule is Cc1cccc(C[C@H]2CCCCC/C=C\[C@@H]3C[C@@]3(C(=O)NS(=O)(=O)C3CC3)CC(=O)[C@@H]3C[C@@H](Oc4nc5ccc(F)cc5s4)CN3C2=O)c1. The minimum Gasteiger partial charge on any atom is -0.465 e. The minimum atomic E-state index is -3.80. The first kappa shape index (κ1) is 33.8. The van der Waals surface area contributed by atoms with E-state index in [1.807, 2.05) is 37.3 Å². The van der Waals surface area contributed by atoms with Crippen LogP contribution in [0.2, 0.25) is 0 Å². The second kappa shape index (κ2) is 13.6. The van der Waals surface area contributed by atoms with Gasteiger partial charge in [-0.3, -0.25) is 19.1 Å². The number of carbonyl (C=O) groups is 3. The number of benzene rings is 2. The van der Waals surface area contributed by atoms with Crippen molar-refractivity contribution in [1.82, 2.24) is 14.6 Å². The summed E-state index contributed by atoms with van der Waals surface area (Å²) >= 11 is 1.21. The number of ketones is 1. The molecule has 1 saturated heterocycles. The van der Waals surface area contributed by atoms with E-state index in [4.69, 9.17) is 4.74 Å². The molecule has 0 unspecified atom stereocenters. The lowest BCUT2D eigenvalue weighted by atomic mass is 9.89. The molecule has 1 N–H and O–H groups in total. The van der Waals surface area contributed by atoms with Gasteiger partial charge in [0.05, 0.1) is 33.5 Å². The number of fused-ring (bicyclic) bond motifs is 3. The fourth-order valence-corrected chi connectivity index (χ4v) is 9.81. The van der Waals surface area contributed by atoms with E-state index in [9.17, 15) is 27.2 Å². The number of Topliss-reactive ketones (excluding diaryl/α,β-unsaturated/α-hetero) is 1. The van der Waals surface area contributed by atoms with Crippen molar-refractivity contribution in [2.45, 2.75) is 94.9 Å². The lowest BCUT2D eigenvalue weighted by Crippen LogP contribution is -2.46. The second-order valence-corrected chi connectivity index (χ2v) is 17.3. The van der Waals surface area contributed by atoms with Crippen LogP contribution >= 0.6 is 11.3 Å². The van der Waals surface area contributed by atoms with Crippen molar-refractivity contribution >= 4 is 49.2 Å². The molecule has 1 aromatic heterocycles. The molecule has 7 rings (SSSR count). The van der Waals surface area contributed by atoms with Gasteiger partial charge >= 0.3 is 0 Å². The van der Waals surface area contributed by atoms with Crippen molar-refractivity contribution in [3.8, 4) is 5.19 Å². The Morgan fingerprint density at radius 3 is 2.76 bits per heavy atom. The molecule has 0 radical (unpaired) electrons. The van der Waals surface area contributed by atoms with Crippen molar-refractivity contribution in [3.63, 3.8) is 0 Å². The number of nitrogens with zero attached hydrogens (tertiary/aromatic N) is 2. The fraction of sp³-hybridized carbons (Fsp3) is 0.514. The van der Waals surface area contributed by atoms with E-state index in [2.05, 4.69) is 15.8 Å². The topological polar surface area (TPSA) is 123 Å². The van der Waals surface area contributed by atoms with Crippen molar-refractivity contribution < 1.29 is 31.9 Å². The van der Waals surface area contributed by atoms with E-state index < -0.39 is 38.7 Å². The number of carbonyl (C=O) groups excluding carboxylic acids is 3. The highest BCUT2D eigenvalue weighted by molar-refractivity contribution is 7.90. The highest BCUT2D eigenvalue weighted by Crippen LogP contribution is 2.57. The number of hydrogen-bond acceptors (Lipinski definition) is 8. The molecular formula is C37H42FN3O6S2. The zero-order valence-corrected chi connectivity index (χ0v) is 29.2. The monoisotopic (exact) mass is 707 g/mol. The maximum absolute atomic E-state index is 14.5. The summed E-state index contributed by atoms with van der Waals surface area (Å²) in [6, 6.07) is 11.6. The molecule has 2 aliphatic heterocycles. The van der Waals surface area contributed by atoms with Crippen molar-refractivity contribution in [3.05, 3.63) is 71.6 Å². The highest BCUT2D eigenvalue weighted by Gasteiger charge is 2.61.